The topological polar surface area (TPSA) is 76.1 Å². The number of amides is 1. The van der Waals surface area contributed by atoms with E-state index in [1.165, 1.54) is 18.0 Å². The molecule has 0 aliphatic carbocycles. The Balaban J connectivity index is 2.62. The molecule has 1 aromatic rings. The van der Waals surface area contributed by atoms with Crippen molar-refractivity contribution in [2.24, 2.45) is 0 Å². The smallest absolute Gasteiger partial charge is 0.269 e. The monoisotopic (exact) mass is 308 g/mol. The molecule has 0 fully saturated rings. The molecule has 8 heteroatoms. The fourth-order valence-corrected chi connectivity index (χ4v) is 3.42. The van der Waals surface area contributed by atoms with Crippen molar-refractivity contribution in [3.63, 3.8) is 0 Å². The van der Waals surface area contributed by atoms with Crippen LogP contribution in [0.15, 0.2) is 23.2 Å². The summed E-state index contributed by atoms with van der Waals surface area (Å²) in [6, 6.07) is 3.34. The maximum atomic E-state index is 11.5. The predicted molar refractivity (Wildman–Crippen MR) is 72.6 cm³/mol. The lowest BCUT2D eigenvalue weighted by Crippen LogP contribution is -2.23. The van der Waals surface area contributed by atoms with Crippen molar-refractivity contribution in [3.8, 4) is 0 Å². The first-order valence-electron chi connectivity index (χ1n) is 5.22. The second-order valence-electron chi connectivity index (χ2n) is 3.33. The second-order valence-corrected chi connectivity index (χ2v) is 7.39. The molecule has 0 saturated carbocycles. The molecule has 5 nitrogen and oxygen atoms in total. The van der Waals surface area contributed by atoms with Crippen LogP contribution in [-0.2, 0) is 9.05 Å². The zero-order valence-electron chi connectivity index (χ0n) is 9.72. The summed E-state index contributed by atoms with van der Waals surface area (Å²) in [5.74, 6) is -0.0205. The number of hydrogen-bond acceptors (Lipinski definition) is 5. The molecule has 0 aliphatic rings. The molecule has 0 unspecified atom stereocenters. The van der Waals surface area contributed by atoms with Crippen molar-refractivity contribution >= 4 is 37.4 Å². The van der Waals surface area contributed by atoms with Crippen molar-refractivity contribution in [1.29, 1.82) is 0 Å². The fraction of sp³-hybridized carbons (Fsp3) is 0.400. The molecule has 0 radical (unpaired) electrons. The van der Waals surface area contributed by atoms with Gasteiger partial charge in [0.05, 0.1) is 5.75 Å². The van der Waals surface area contributed by atoms with Crippen LogP contribution in [-0.4, -0.2) is 37.4 Å². The molecule has 1 amide bonds. The Morgan fingerprint density at radius 1 is 1.56 bits per heavy atom. The maximum Gasteiger partial charge on any atom is 0.269 e. The molecule has 0 aliphatic heterocycles. The number of hydrogen-bond donors (Lipinski definition) is 1. The summed E-state index contributed by atoms with van der Waals surface area (Å²) >= 11 is 1.31. The Kier molecular flexibility index (Phi) is 5.90. The van der Waals surface area contributed by atoms with E-state index >= 15 is 0 Å². The van der Waals surface area contributed by atoms with Crippen LogP contribution in [0.25, 0.3) is 0 Å². The van der Waals surface area contributed by atoms with E-state index in [4.69, 9.17) is 10.7 Å². The highest BCUT2D eigenvalue weighted by atomic mass is 35.7. The molecule has 0 bridgehead atoms. The zero-order valence-corrected chi connectivity index (χ0v) is 12.1. The number of pyridine rings is 1. The van der Waals surface area contributed by atoms with E-state index < -0.39 is 9.05 Å². The first kappa shape index (κ1) is 15.3. The average Bonchev–Trinajstić information content (AvgIpc) is 2.28. The number of aromatic nitrogens is 1. The van der Waals surface area contributed by atoms with Crippen LogP contribution in [0.2, 0.25) is 0 Å². The lowest BCUT2D eigenvalue weighted by molar-refractivity contribution is 0.0950. The molecule has 1 rings (SSSR count). The largest absolute Gasteiger partial charge is 0.351 e. The van der Waals surface area contributed by atoms with Gasteiger partial charge in [0.1, 0.15) is 5.69 Å². The minimum atomic E-state index is -3.47. The van der Waals surface area contributed by atoms with Gasteiger partial charge < -0.3 is 5.32 Å². The normalized spacial score (nSPS) is 11.2. The van der Waals surface area contributed by atoms with Crippen LogP contribution in [0.5, 0.6) is 0 Å². The van der Waals surface area contributed by atoms with E-state index in [1.54, 1.807) is 12.1 Å². The average molecular weight is 309 g/mol. The highest BCUT2D eigenvalue weighted by Crippen LogP contribution is 2.18. The van der Waals surface area contributed by atoms with Gasteiger partial charge in [-0.25, -0.2) is 8.42 Å². The first-order chi connectivity index (χ1) is 8.42. The van der Waals surface area contributed by atoms with Crippen LogP contribution in [0.3, 0.4) is 0 Å². The molecule has 0 saturated heterocycles. The van der Waals surface area contributed by atoms with E-state index in [1.807, 2.05) is 6.92 Å². The third kappa shape index (κ3) is 5.70. The quantitative estimate of drug-likeness (QED) is 0.636. The summed E-state index contributed by atoms with van der Waals surface area (Å²) < 4.78 is 21.5. The van der Waals surface area contributed by atoms with E-state index in [0.717, 1.165) is 4.90 Å². The molecule has 18 heavy (non-hydrogen) atoms. The number of thioether (sulfide) groups is 1. The Morgan fingerprint density at radius 3 is 2.89 bits per heavy atom. The van der Waals surface area contributed by atoms with E-state index in [0.29, 0.717) is 18.0 Å². The number of nitrogens with one attached hydrogen (secondary N) is 1. The Morgan fingerprint density at radius 2 is 2.28 bits per heavy atom. The van der Waals surface area contributed by atoms with E-state index in [2.05, 4.69) is 10.3 Å². The first-order valence-corrected chi connectivity index (χ1v) is 8.68. The summed E-state index contributed by atoms with van der Waals surface area (Å²) in [6.45, 7) is 2.35. The molecular weight excluding hydrogens is 296 g/mol. The lowest BCUT2D eigenvalue weighted by atomic mass is 10.3. The van der Waals surface area contributed by atoms with Crippen molar-refractivity contribution in [1.82, 2.24) is 10.3 Å². The van der Waals surface area contributed by atoms with Crippen LogP contribution >= 0.6 is 22.4 Å². The molecule has 1 heterocycles. The minimum Gasteiger partial charge on any atom is -0.351 e. The predicted octanol–water partition coefficient (Wildman–Crippen LogP) is 1.49. The summed E-state index contributed by atoms with van der Waals surface area (Å²) in [6.07, 6.45) is 1.52. The second kappa shape index (κ2) is 6.96. The Bertz CT molecular complexity index is 520. The van der Waals surface area contributed by atoms with Gasteiger partial charge in [0.2, 0.25) is 9.05 Å². The van der Waals surface area contributed by atoms with Gasteiger partial charge >= 0.3 is 0 Å². The summed E-state index contributed by atoms with van der Waals surface area (Å²) in [5, 5.41) is 2.64. The summed E-state index contributed by atoms with van der Waals surface area (Å²) in [5.41, 5.74) is 0.315. The highest BCUT2D eigenvalue weighted by Gasteiger charge is 2.08. The molecule has 0 aromatic carbocycles. The van der Waals surface area contributed by atoms with Gasteiger partial charge in [-0.15, -0.1) is 11.8 Å². The van der Waals surface area contributed by atoms with E-state index in [-0.39, 0.29) is 11.7 Å². The summed E-state index contributed by atoms with van der Waals surface area (Å²) in [7, 11) is 1.63. The number of halogens is 1. The number of carbonyl (C=O) groups excluding carboxylic acids is 1. The fourth-order valence-electron chi connectivity index (χ4n) is 1.14. The van der Waals surface area contributed by atoms with Crippen molar-refractivity contribution in [2.75, 3.05) is 18.1 Å². The van der Waals surface area contributed by atoms with Crippen LogP contribution in [0.4, 0.5) is 0 Å². The number of nitrogens with zero attached hydrogens (tertiary/aromatic N) is 1. The van der Waals surface area contributed by atoms with Gasteiger partial charge in [0.25, 0.3) is 5.91 Å². The van der Waals surface area contributed by atoms with Crippen LogP contribution < -0.4 is 5.32 Å². The highest BCUT2D eigenvalue weighted by molar-refractivity contribution is 8.14. The van der Waals surface area contributed by atoms with Crippen LogP contribution in [0.1, 0.15) is 17.4 Å². The third-order valence-electron chi connectivity index (χ3n) is 1.90. The van der Waals surface area contributed by atoms with Gasteiger partial charge in [-0.3, -0.25) is 9.78 Å². The minimum absolute atomic E-state index is 0.113. The Hall–Kier alpha value is -0.790. The van der Waals surface area contributed by atoms with Crippen molar-refractivity contribution in [3.05, 3.63) is 24.0 Å². The van der Waals surface area contributed by atoms with Gasteiger partial charge in [0, 0.05) is 34.1 Å². The SMILES string of the molecule is CCNC(=O)c1cc(SCCS(=O)(=O)Cl)ccn1. The van der Waals surface area contributed by atoms with Gasteiger partial charge in [-0.05, 0) is 19.1 Å². The molecule has 1 aromatic heterocycles. The molecule has 1 N–H and O–H groups in total. The van der Waals surface area contributed by atoms with Crippen molar-refractivity contribution in [2.45, 2.75) is 11.8 Å². The zero-order chi connectivity index (χ0) is 13.6. The summed E-state index contributed by atoms with van der Waals surface area (Å²) in [4.78, 5) is 16.3. The maximum absolute atomic E-state index is 11.5. The van der Waals surface area contributed by atoms with Gasteiger partial charge in [-0.2, -0.15) is 0 Å². The molecule has 100 valence electrons. The lowest BCUT2D eigenvalue weighted by Gasteiger charge is -2.04. The third-order valence-corrected chi connectivity index (χ3v) is 4.31. The number of rotatable bonds is 6. The number of carbonyl (C=O) groups is 1. The molecular formula is C10H13ClN2O3S2. The molecule has 0 spiro atoms. The Labute approximate surface area is 115 Å². The standard InChI is InChI=1S/C10H13ClN2O3S2/c1-2-12-10(14)9-7-8(3-4-13-9)17-5-6-18(11,15)16/h3-4,7H,2,5-6H2,1H3,(H,12,14). The van der Waals surface area contributed by atoms with Crippen molar-refractivity contribution < 1.29 is 13.2 Å². The van der Waals surface area contributed by atoms with Crippen LogP contribution in [0, 0.1) is 0 Å². The van der Waals surface area contributed by atoms with Gasteiger partial charge in [0.15, 0.2) is 0 Å². The van der Waals surface area contributed by atoms with Gasteiger partial charge in [-0.1, -0.05) is 0 Å². The van der Waals surface area contributed by atoms with E-state index in [9.17, 15) is 13.2 Å². The molecule has 0 atom stereocenters.